The van der Waals surface area contributed by atoms with E-state index in [9.17, 15) is 9.59 Å². The third-order valence-electron chi connectivity index (χ3n) is 3.89. The van der Waals surface area contributed by atoms with Gasteiger partial charge in [-0.15, -0.1) is 0 Å². The second-order valence-electron chi connectivity index (χ2n) is 6.86. The third-order valence-corrected chi connectivity index (χ3v) is 4.26. The summed E-state index contributed by atoms with van der Waals surface area (Å²) in [6.45, 7) is 8.02. The van der Waals surface area contributed by atoms with Crippen molar-refractivity contribution in [2.75, 3.05) is 6.54 Å². The van der Waals surface area contributed by atoms with E-state index in [1.54, 1.807) is 17.0 Å². The molecule has 0 aromatic heterocycles. The molecule has 1 amide bonds. The molecule has 0 saturated carbocycles. The number of aryl methyl sites for hydroxylation is 1. The standard InChI is InChI=1S/C18H24ClNO3/c1-5-12-11-13(8-9-14(12)19)16(21)15-7-6-10-20(15)17(22)23-18(2,3)4/h8-9,11,15H,5-7,10H2,1-4H3/t15-/m0/s1. The summed E-state index contributed by atoms with van der Waals surface area (Å²) in [6.07, 6.45) is 1.82. The fourth-order valence-electron chi connectivity index (χ4n) is 2.77. The number of halogens is 1. The second-order valence-corrected chi connectivity index (χ2v) is 7.26. The number of nitrogens with zero attached hydrogens (tertiary/aromatic N) is 1. The smallest absolute Gasteiger partial charge is 0.410 e. The number of carbonyl (C=O) groups is 2. The van der Waals surface area contributed by atoms with Crippen LogP contribution >= 0.6 is 11.6 Å². The molecular formula is C18H24ClNO3. The molecule has 1 fully saturated rings. The first kappa shape index (κ1) is 17.8. The van der Waals surface area contributed by atoms with Gasteiger partial charge in [-0.2, -0.15) is 0 Å². The van der Waals surface area contributed by atoms with Gasteiger partial charge in [0.1, 0.15) is 5.60 Å². The predicted molar refractivity (Wildman–Crippen MR) is 91.1 cm³/mol. The molecule has 0 radical (unpaired) electrons. The molecule has 4 nitrogen and oxygen atoms in total. The highest BCUT2D eigenvalue weighted by Gasteiger charge is 2.36. The Kier molecular flexibility index (Phi) is 5.35. The van der Waals surface area contributed by atoms with Gasteiger partial charge in [0.15, 0.2) is 5.78 Å². The zero-order valence-corrected chi connectivity index (χ0v) is 14.9. The van der Waals surface area contributed by atoms with E-state index in [1.165, 1.54) is 0 Å². The van der Waals surface area contributed by atoms with Crippen LogP contribution in [-0.4, -0.2) is 35.0 Å². The highest BCUT2D eigenvalue weighted by molar-refractivity contribution is 6.31. The largest absolute Gasteiger partial charge is 0.444 e. The van der Waals surface area contributed by atoms with Crippen molar-refractivity contribution >= 4 is 23.5 Å². The number of likely N-dealkylation sites (tertiary alicyclic amines) is 1. The lowest BCUT2D eigenvalue weighted by atomic mass is 9.99. The summed E-state index contributed by atoms with van der Waals surface area (Å²) in [5, 5.41) is 0.666. The molecule has 1 aromatic rings. The topological polar surface area (TPSA) is 46.6 Å². The Hall–Kier alpha value is -1.55. The summed E-state index contributed by atoms with van der Waals surface area (Å²) >= 11 is 6.12. The van der Waals surface area contributed by atoms with Crippen molar-refractivity contribution in [2.24, 2.45) is 0 Å². The third kappa shape index (κ3) is 4.25. The summed E-state index contributed by atoms with van der Waals surface area (Å²) in [7, 11) is 0. The molecular weight excluding hydrogens is 314 g/mol. The number of carbonyl (C=O) groups excluding carboxylic acids is 2. The highest BCUT2D eigenvalue weighted by Crippen LogP contribution is 2.26. The molecule has 5 heteroatoms. The zero-order valence-electron chi connectivity index (χ0n) is 14.2. The molecule has 1 atom stereocenters. The number of hydrogen-bond acceptors (Lipinski definition) is 3. The number of rotatable bonds is 3. The van der Waals surface area contributed by atoms with E-state index in [4.69, 9.17) is 16.3 Å². The minimum atomic E-state index is -0.567. The summed E-state index contributed by atoms with van der Waals surface area (Å²) < 4.78 is 5.42. The van der Waals surface area contributed by atoms with Crippen molar-refractivity contribution in [1.82, 2.24) is 4.90 Å². The van der Waals surface area contributed by atoms with Gasteiger partial charge < -0.3 is 4.74 Å². The van der Waals surface area contributed by atoms with Crippen LogP contribution < -0.4 is 0 Å². The van der Waals surface area contributed by atoms with Crippen LogP contribution in [0.3, 0.4) is 0 Å². The van der Waals surface area contributed by atoms with Gasteiger partial charge in [0.05, 0.1) is 6.04 Å². The van der Waals surface area contributed by atoms with Crippen LogP contribution in [0.2, 0.25) is 5.02 Å². The molecule has 1 saturated heterocycles. The van der Waals surface area contributed by atoms with Gasteiger partial charge in [0.2, 0.25) is 0 Å². The molecule has 0 unspecified atom stereocenters. The van der Waals surface area contributed by atoms with E-state index in [0.717, 1.165) is 18.4 Å². The Morgan fingerprint density at radius 2 is 2.04 bits per heavy atom. The van der Waals surface area contributed by atoms with Gasteiger partial charge in [0, 0.05) is 17.1 Å². The SMILES string of the molecule is CCc1cc(C(=O)[C@@H]2CCCN2C(=O)OC(C)(C)C)ccc1Cl. The van der Waals surface area contributed by atoms with E-state index in [2.05, 4.69) is 0 Å². The van der Waals surface area contributed by atoms with Crippen molar-refractivity contribution in [3.8, 4) is 0 Å². The number of ketones is 1. The number of benzene rings is 1. The molecule has 1 aliphatic rings. The molecule has 1 aromatic carbocycles. The lowest BCUT2D eigenvalue weighted by Crippen LogP contribution is -2.43. The maximum absolute atomic E-state index is 12.8. The van der Waals surface area contributed by atoms with Crippen molar-refractivity contribution in [1.29, 1.82) is 0 Å². The fourth-order valence-corrected chi connectivity index (χ4v) is 3.02. The Morgan fingerprint density at radius 3 is 2.65 bits per heavy atom. The van der Waals surface area contributed by atoms with Gasteiger partial charge in [-0.05, 0) is 63.8 Å². The quantitative estimate of drug-likeness (QED) is 0.764. The monoisotopic (exact) mass is 337 g/mol. The van der Waals surface area contributed by atoms with E-state index in [0.29, 0.717) is 23.6 Å². The first-order chi connectivity index (χ1) is 10.7. The van der Waals surface area contributed by atoms with Crippen LogP contribution in [0.1, 0.15) is 56.5 Å². The average molecular weight is 338 g/mol. The van der Waals surface area contributed by atoms with Crippen LogP contribution in [0.5, 0.6) is 0 Å². The van der Waals surface area contributed by atoms with Gasteiger partial charge >= 0.3 is 6.09 Å². The van der Waals surface area contributed by atoms with Crippen molar-refractivity contribution in [2.45, 2.75) is 58.6 Å². The maximum Gasteiger partial charge on any atom is 0.410 e. The molecule has 1 aliphatic heterocycles. The Labute approximate surface area is 142 Å². The molecule has 0 aliphatic carbocycles. The summed E-state index contributed by atoms with van der Waals surface area (Å²) in [6, 6.07) is 4.86. The molecule has 0 N–H and O–H groups in total. The Balaban J connectivity index is 2.19. The lowest BCUT2D eigenvalue weighted by molar-refractivity contribution is 0.0222. The average Bonchev–Trinajstić information content (AvgIpc) is 2.94. The molecule has 0 spiro atoms. The minimum Gasteiger partial charge on any atom is -0.444 e. The summed E-state index contributed by atoms with van der Waals surface area (Å²) in [4.78, 5) is 26.7. The van der Waals surface area contributed by atoms with Crippen LogP contribution in [0.25, 0.3) is 0 Å². The van der Waals surface area contributed by atoms with Crippen molar-refractivity contribution in [3.63, 3.8) is 0 Å². The Bertz CT molecular complexity index is 607. The molecule has 23 heavy (non-hydrogen) atoms. The molecule has 2 rings (SSSR count). The van der Waals surface area contributed by atoms with Gasteiger partial charge in [-0.1, -0.05) is 18.5 Å². The summed E-state index contributed by atoms with van der Waals surface area (Å²) in [5.41, 5.74) is 0.981. The van der Waals surface area contributed by atoms with Crippen molar-refractivity contribution < 1.29 is 14.3 Å². The van der Waals surface area contributed by atoms with Crippen LogP contribution in [0, 0.1) is 0 Å². The van der Waals surface area contributed by atoms with Gasteiger partial charge in [0.25, 0.3) is 0 Å². The maximum atomic E-state index is 12.8. The Morgan fingerprint density at radius 1 is 1.35 bits per heavy atom. The molecule has 0 bridgehead atoms. The van der Waals surface area contributed by atoms with E-state index >= 15 is 0 Å². The normalized spacial score (nSPS) is 18.1. The van der Waals surface area contributed by atoms with Gasteiger partial charge in [-0.3, -0.25) is 9.69 Å². The van der Waals surface area contributed by atoms with E-state index in [-0.39, 0.29) is 5.78 Å². The first-order valence-corrected chi connectivity index (χ1v) is 8.43. The molecule has 126 valence electrons. The van der Waals surface area contributed by atoms with E-state index in [1.807, 2.05) is 33.8 Å². The van der Waals surface area contributed by atoms with E-state index < -0.39 is 17.7 Å². The number of hydrogen-bond donors (Lipinski definition) is 0. The number of Topliss-reactive ketones (excluding diaryl/α,β-unsaturated/α-hetero) is 1. The van der Waals surface area contributed by atoms with Gasteiger partial charge in [-0.25, -0.2) is 4.79 Å². The predicted octanol–water partition coefficient (Wildman–Crippen LogP) is 4.48. The number of ether oxygens (including phenoxy) is 1. The second kappa shape index (κ2) is 6.91. The van der Waals surface area contributed by atoms with Crippen LogP contribution in [0.4, 0.5) is 4.79 Å². The fraction of sp³-hybridized carbons (Fsp3) is 0.556. The lowest BCUT2D eigenvalue weighted by Gasteiger charge is -2.28. The van der Waals surface area contributed by atoms with Crippen molar-refractivity contribution in [3.05, 3.63) is 34.3 Å². The molecule has 1 heterocycles. The number of amides is 1. The van der Waals surface area contributed by atoms with Crippen LogP contribution in [0.15, 0.2) is 18.2 Å². The highest BCUT2D eigenvalue weighted by atomic mass is 35.5. The first-order valence-electron chi connectivity index (χ1n) is 8.05. The minimum absolute atomic E-state index is 0.0419. The van der Waals surface area contributed by atoms with Crippen LogP contribution in [-0.2, 0) is 11.2 Å². The summed E-state index contributed by atoms with van der Waals surface area (Å²) in [5.74, 6) is -0.0419. The zero-order chi connectivity index (χ0) is 17.2.